The molecule has 0 aliphatic rings. The molecular formula is C47H27N3OS. The van der Waals surface area contributed by atoms with Crippen LogP contribution >= 0.6 is 11.3 Å². The number of nitrogens with zero attached hydrogens (tertiary/aromatic N) is 3. The van der Waals surface area contributed by atoms with Gasteiger partial charge < -0.3 is 4.42 Å². The van der Waals surface area contributed by atoms with E-state index in [1.54, 1.807) is 0 Å². The number of hydrogen-bond acceptors (Lipinski definition) is 5. The van der Waals surface area contributed by atoms with Gasteiger partial charge in [-0.25, -0.2) is 15.0 Å². The van der Waals surface area contributed by atoms with Crippen LogP contribution in [0.5, 0.6) is 0 Å². The van der Waals surface area contributed by atoms with E-state index in [1.807, 2.05) is 23.5 Å². The highest BCUT2D eigenvalue weighted by molar-refractivity contribution is 7.25. The molecule has 0 amide bonds. The average molecular weight is 682 g/mol. The molecule has 0 atom stereocenters. The quantitative estimate of drug-likeness (QED) is 0.174. The van der Waals surface area contributed by atoms with Gasteiger partial charge in [0.05, 0.1) is 22.6 Å². The summed E-state index contributed by atoms with van der Waals surface area (Å²) in [7, 11) is 0. The van der Waals surface area contributed by atoms with E-state index in [0.29, 0.717) is 5.82 Å². The molecule has 52 heavy (non-hydrogen) atoms. The van der Waals surface area contributed by atoms with E-state index in [0.717, 1.165) is 82.9 Å². The maximum Gasteiger partial charge on any atom is 0.160 e. The summed E-state index contributed by atoms with van der Waals surface area (Å²) in [6, 6.07) is 57.1. The van der Waals surface area contributed by atoms with Crippen molar-refractivity contribution in [2.24, 2.45) is 0 Å². The lowest BCUT2D eigenvalue weighted by molar-refractivity contribution is 0.669. The second-order valence-electron chi connectivity index (χ2n) is 13.2. The van der Waals surface area contributed by atoms with Crippen molar-refractivity contribution >= 4 is 75.1 Å². The summed E-state index contributed by atoms with van der Waals surface area (Å²) in [4.78, 5) is 15.6. The number of para-hydroxylation sites is 1. The lowest BCUT2D eigenvalue weighted by Gasteiger charge is -2.11. The first-order valence-corrected chi connectivity index (χ1v) is 18.2. The Kier molecular flexibility index (Phi) is 6.39. The normalized spacial score (nSPS) is 11.8. The van der Waals surface area contributed by atoms with Gasteiger partial charge in [0.2, 0.25) is 0 Å². The molecule has 242 valence electrons. The molecular weight excluding hydrogens is 655 g/mol. The third kappa shape index (κ3) is 4.57. The van der Waals surface area contributed by atoms with Gasteiger partial charge in [-0.2, -0.15) is 0 Å². The van der Waals surface area contributed by atoms with E-state index < -0.39 is 0 Å². The molecule has 0 unspecified atom stereocenters. The fraction of sp³-hybridized carbons (Fsp3) is 0. The second-order valence-corrected chi connectivity index (χ2v) is 14.2. The number of furan rings is 1. The van der Waals surface area contributed by atoms with Crippen LogP contribution in [0.3, 0.4) is 0 Å². The van der Waals surface area contributed by atoms with Crippen molar-refractivity contribution in [2.75, 3.05) is 0 Å². The van der Waals surface area contributed by atoms with Gasteiger partial charge in [-0.15, -0.1) is 11.3 Å². The molecule has 0 bridgehead atoms. The number of fused-ring (bicyclic) bond motifs is 10. The van der Waals surface area contributed by atoms with Crippen molar-refractivity contribution in [3.8, 4) is 45.2 Å². The standard InChI is InChI=1S/C47H27N3OS/c1-3-11-28(12-4-1)38-27-39(30-19-21-33-32-15-8-10-18-42(32)52-43(33)26-30)50-47(49-38)31-20-23-40-36(25-31)45-41(51-40)24-22-35-44(45)34-16-7-9-17-37(34)48-46(35)29-13-5-2-6-14-29/h1-27H. The molecule has 11 rings (SSSR count). The van der Waals surface area contributed by atoms with E-state index in [-0.39, 0.29) is 0 Å². The molecule has 0 spiro atoms. The van der Waals surface area contributed by atoms with E-state index >= 15 is 0 Å². The van der Waals surface area contributed by atoms with Crippen LogP contribution in [-0.2, 0) is 0 Å². The van der Waals surface area contributed by atoms with Crippen LogP contribution in [0.4, 0.5) is 0 Å². The van der Waals surface area contributed by atoms with E-state index in [9.17, 15) is 0 Å². The Labute approximate surface area is 302 Å². The molecule has 0 fully saturated rings. The summed E-state index contributed by atoms with van der Waals surface area (Å²) in [6.45, 7) is 0. The van der Waals surface area contributed by atoms with Crippen LogP contribution in [0, 0.1) is 0 Å². The van der Waals surface area contributed by atoms with Gasteiger partial charge in [0, 0.05) is 69.4 Å². The maximum absolute atomic E-state index is 6.54. The van der Waals surface area contributed by atoms with E-state index in [2.05, 4.69) is 152 Å². The molecule has 0 N–H and O–H groups in total. The number of aromatic nitrogens is 3. The molecule has 0 radical (unpaired) electrons. The molecule has 4 aromatic heterocycles. The molecule has 0 aliphatic heterocycles. The van der Waals surface area contributed by atoms with E-state index in [1.165, 1.54) is 20.2 Å². The first-order chi connectivity index (χ1) is 25.7. The summed E-state index contributed by atoms with van der Waals surface area (Å²) >= 11 is 1.82. The largest absolute Gasteiger partial charge is 0.456 e. The zero-order chi connectivity index (χ0) is 34.2. The first kappa shape index (κ1) is 29.1. The number of rotatable bonds is 4. The Balaban J connectivity index is 1.15. The third-order valence-electron chi connectivity index (χ3n) is 10.1. The number of benzene rings is 7. The van der Waals surface area contributed by atoms with E-state index in [4.69, 9.17) is 19.4 Å². The van der Waals surface area contributed by atoms with Crippen molar-refractivity contribution in [1.82, 2.24) is 15.0 Å². The Bertz CT molecular complexity index is 3180. The van der Waals surface area contributed by atoms with Gasteiger partial charge in [0.25, 0.3) is 0 Å². The average Bonchev–Trinajstić information content (AvgIpc) is 3.78. The van der Waals surface area contributed by atoms with Gasteiger partial charge in [-0.1, -0.05) is 109 Å². The molecule has 0 aliphatic carbocycles. The van der Waals surface area contributed by atoms with Crippen LogP contribution < -0.4 is 0 Å². The molecule has 4 nitrogen and oxygen atoms in total. The highest BCUT2D eigenvalue weighted by Gasteiger charge is 2.19. The minimum atomic E-state index is 0.667. The fourth-order valence-electron chi connectivity index (χ4n) is 7.63. The lowest BCUT2D eigenvalue weighted by atomic mass is 9.96. The lowest BCUT2D eigenvalue weighted by Crippen LogP contribution is -1.96. The molecule has 4 heterocycles. The zero-order valence-corrected chi connectivity index (χ0v) is 28.6. The van der Waals surface area contributed by atoms with Crippen molar-refractivity contribution in [3.63, 3.8) is 0 Å². The smallest absolute Gasteiger partial charge is 0.160 e. The van der Waals surface area contributed by atoms with Crippen LogP contribution in [0.15, 0.2) is 168 Å². The van der Waals surface area contributed by atoms with Crippen LogP contribution in [0.1, 0.15) is 0 Å². The summed E-state index contributed by atoms with van der Waals surface area (Å²) < 4.78 is 9.07. The third-order valence-corrected chi connectivity index (χ3v) is 11.2. The molecule has 7 aromatic carbocycles. The SMILES string of the molecule is c1ccc(-c2cc(-c3ccc4c(c3)sc3ccccc34)nc(-c3ccc4oc5ccc6c(-c7ccccc7)nc7ccccc7c6c5c4c3)n2)cc1. The number of thiophene rings is 1. The van der Waals surface area contributed by atoms with Crippen molar-refractivity contribution in [3.05, 3.63) is 164 Å². The molecule has 5 heteroatoms. The highest BCUT2D eigenvalue weighted by atomic mass is 32.1. The summed E-state index contributed by atoms with van der Waals surface area (Å²) in [5.74, 6) is 0.667. The first-order valence-electron chi connectivity index (χ1n) is 17.3. The predicted octanol–water partition coefficient (Wildman–Crippen LogP) is 13.1. The van der Waals surface area contributed by atoms with Crippen LogP contribution in [0.25, 0.3) is 109 Å². The Morgan fingerprint density at radius 2 is 1.04 bits per heavy atom. The highest BCUT2D eigenvalue weighted by Crippen LogP contribution is 2.42. The zero-order valence-electron chi connectivity index (χ0n) is 27.7. The van der Waals surface area contributed by atoms with Crippen molar-refractivity contribution < 1.29 is 4.42 Å². The van der Waals surface area contributed by atoms with Crippen LogP contribution in [0.2, 0.25) is 0 Å². The molecule has 0 saturated heterocycles. The number of hydrogen-bond donors (Lipinski definition) is 0. The molecule has 11 aromatic rings. The van der Waals surface area contributed by atoms with Crippen LogP contribution in [-0.4, -0.2) is 15.0 Å². The van der Waals surface area contributed by atoms with Gasteiger partial charge in [0.1, 0.15) is 11.2 Å². The summed E-state index contributed by atoms with van der Waals surface area (Å²) in [5.41, 5.74) is 9.45. The van der Waals surface area contributed by atoms with Gasteiger partial charge in [-0.3, -0.25) is 0 Å². The minimum absolute atomic E-state index is 0.667. The van der Waals surface area contributed by atoms with Crippen molar-refractivity contribution in [1.29, 1.82) is 0 Å². The predicted molar refractivity (Wildman–Crippen MR) is 217 cm³/mol. The summed E-state index contributed by atoms with van der Waals surface area (Å²) in [5, 5.41) is 7.97. The van der Waals surface area contributed by atoms with Crippen molar-refractivity contribution in [2.45, 2.75) is 0 Å². The van der Waals surface area contributed by atoms with Gasteiger partial charge in [0.15, 0.2) is 5.82 Å². The Morgan fingerprint density at radius 1 is 0.385 bits per heavy atom. The monoisotopic (exact) mass is 681 g/mol. The summed E-state index contributed by atoms with van der Waals surface area (Å²) in [6.07, 6.45) is 0. The minimum Gasteiger partial charge on any atom is -0.456 e. The number of pyridine rings is 1. The Hall–Kier alpha value is -6.69. The second kappa shape index (κ2) is 11.4. The Morgan fingerprint density at radius 3 is 1.88 bits per heavy atom. The topological polar surface area (TPSA) is 51.8 Å². The van der Waals surface area contributed by atoms with Gasteiger partial charge >= 0.3 is 0 Å². The maximum atomic E-state index is 6.54. The fourth-order valence-corrected chi connectivity index (χ4v) is 8.78. The van der Waals surface area contributed by atoms with Gasteiger partial charge in [-0.05, 0) is 54.6 Å². The molecule has 0 saturated carbocycles.